The zero-order valence-electron chi connectivity index (χ0n) is 17.3. The van der Waals surface area contributed by atoms with Crippen LogP contribution in [-0.2, 0) is 6.42 Å². The molecule has 0 aliphatic heterocycles. The molecule has 1 N–H and O–H groups in total. The number of benzene rings is 2. The minimum atomic E-state index is -0.162. The third-order valence-corrected chi connectivity index (χ3v) is 4.61. The first-order valence-electron chi connectivity index (χ1n) is 9.81. The Morgan fingerprint density at radius 3 is 2.52 bits per heavy atom. The number of ether oxygens (including phenoxy) is 3. The van der Waals surface area contributed by atoms with Crippen molar-refractivity contribution >= 4 is 16.9 Å². The summed E-state index contributed by atoms with van der Waals surface area (Å²) >= 11 is 0. The first kappa shape index (κ1) is 20.6. The van der Waals surface area contributed by atoms with Crippen molar-refractivity contribution in [1.82, 2.24) is 5.32 Å². The summed E-state index contributed by atoms with van der Waals surface area (Å²) in [7, 11) is 1.60. The Bertz CT molecular complexity index is 992. The minimum absolute atomic E-state index is 0.162. The highest BCUT2D eigenvalue weighted by Gasteiger charge is 2.18. The molecular formula is C23H27NO5. The summed E-state index contributed by atoms with van der Waals surface area (Å²) in [6.07, 6.45) is 0.677. The van der Waals surface area contributed by atoms with Crippen LogP contribution in [0.2, 0.25) is 0 Å². The average molecular weight is 397 g/mol. The van der Waals surface area contributed by atoms with E-state index in [0.717, 1.165) is 22.4 Å². The van der Waals surface area contributed by atoms with Gasteiger partial charge in [0.05, 0.1) is 25.9 Å². The summed E-state index contributed by atoms with van der Waals surface area (Å²) in [6.45, 7) is 7.32. The summed E-state index contributed by atoms with van der Waals surface area (Å²) in [6, 6.07) is 11.3. The Hall–Kier alpha value is -3.15. The number of rotatable bonds is 9. The molecule has 1 heterocycles. The lowest BCUT2D eigenvalue weighted by Gasteiger charge is -2.12. The molecule has 2 aromatic carbocycles. The second kappa shape index (κ2) is 9.37. The van der Waals surface area contributed by atoms with E-state index >= 15 is 0 Å². The molecule has 6 nitrogen and oxygen atoms in total. The van der Waals surface area contributed by atoms with Gasteiger partial charge in [-0.2, -0.15) is 0 Å². The number of nitrogens with one attached hydrogen (secondary N) is 1. The van der Waals surface area contributed by atoms with E-state index in [4.69, 9.17) is 18.6 Å². The van der Waals surface area contributed by atoms with Crippen LogP contribution in [0, 0.1) is 6.92 Å². The van der Waals surface area contributed by atoms with E-state index < -0.39 is 0 Å². The molecule has 0 saturated heterocycles. The van der Waals surface area contributed by atoms with Gasteiger partial charge in [0.1, 0.15) is 17.1 Å². The van der Waals surface area contributed by atoms with E-state index in [2.05, 4.69) is 5.32 Å². The molecule has 29 heavy (non-hydrogen) atoms. The monoisotopic (exact) mass is 397 g/mol. The minimum Gasteiger partial charge on any atom is -0.497 e. The van der Waals surface area contributed by atoms with Gasteiger partial charge in [0.15, 0.2) is 11.5 Å². The van der Waals surface area contributed by atoms with E-state index in [1.807, 2.05) is 50.2 Å². The fourth-order valence-electron chi connectivity index (χ4n) is 3.27. The summed E-state index contributed by atoms with van der Waals surface area (Å²) < 4.78 is 22.2. The average Bonchev–Trinajstić information content (AvgIpc) is 3.05. The Labute approximate surface area is 170 Å². The second-order valence-electron chi connectivity index (χ2n) is 6.55. The maximum atomic E-state index is 12.8. The van der Waals surface area contributed by atoms with Gasteiger partial charge in [0, 0.05) is 11.9 Å². The molecule has 0 aliphatic rings. The van der Waals surface area contributed by atoms with Crippen molar-refractivity contribution in [2.45, 2.75) is 27.2 Å². The van der Waals surface area contributed by atoms with Gasteiger partial charge in [0.2, 0.25) is 0 Å². The molecule has 3 aromatic rings. The summed E-state index contributed by atoms with van der Waals surface area (Å²) in [5.74, 6) is 2.57. The zero-order chi connectivity index (χ0) is 20.8. The van der Waals surface area contributed by atoms with Gasteiger partial charge in [-0.25, -0.2) is 0 Å². The van der Waals surface area contributed by atoms with Crippen molar-refractivity contribution in [2.75, 3.05) is 26.9 Å². The molecule has 3 rings (SSSR count). The van der Waals surface area contributed by atoms with Crippen LogP contribution in [-0.4, -0.2) is 32.8 Å². The van der Waals surface area contributed by atoms with E-state index in [9.17, 15) is 4.79 Å². The molecule has 0 radical (unpaired) electrons. The molecule has 154 valence electrons. The first-order chi connectivity index (χ1) is 14.1. The standard InChI is InChI=1S/C23H27NO5/c1-5-27-20-9-7-16(13-21(20)28-6-2)11-12-24-23(25)22-15(3)29-19-10-8-17(26-4)14-18(19)22/h7-10,13-14H,5-6,11-12H2,1-4H3,(H,24,25). The lowest BCUT2D eigenvalue weighted by Crippen LogP contribution is -2.26. The Morgan fingerprint density at radius 2 is 1.79 bits per heavy atom. The highest BCUT2D eigenvalue weighted by Crippen LogP contribution is 2.30. The SMILES string of the molecule is CCOc1ccc(CCNC(=O)c2c(C)oc3ccc(OC)cc23)cc1OCC. The largest absolute Gasteiger partial charge is 0.497 e. The number of carbonyl (C=O) groups is 1. The zero-order valence-corrected chi connectivity index (χ0v) is 17.3. The lowest BCUT2D eigenvalue weighted by molar-refractivity contribution is 0.0954. The van der Waals surface area contributed by atoms with Crippen LogP contribution in [0.5, 0.6) is 17.2 Å². The molecule has 0 unspecified atom stereocenters. The topological polar surface area (TPSA) is 69.9 Å². The number of hydrogen-bond donors (Lipinski definition) is 1. The van der Waals surface area contributed by atoms with Crippen molar-refractivity contribution in [3.8, 4) is 17.2 Å². The Balaban J connectivity index is 1.69. The predicted octanol–water partition coefficient (Wildman–Crippen LogP) is 4.52. The maximum absolute atomic E-state index is 12.8. The van der Waals surface area contributed by atoms with Gasteiger partial charge >= 0.3 is 0 Å². The van der Waals surface area contributed by atoms with E-state index in [0.29, 0.717) is 48.8 Å². The van der Waals surface area contributed by atoms with Crippen LogP contribution in [0.1, 0.15) is 35.5 Å². The van der Waals surface area contributed by atoms with E-state index in [1.165, 1.54) is 0 Å². The lowest BCUT2D eigenvalue weighted by atomic mass is 10.1. The van der Waals surface area contributed by atoms with Gasteiger partial charge in [0.25, 0.3) is 5.91 Å². The van der Waals surface area contributed by atoms with E-state index in [-0.39, 0.29) is 5.91 Å². The van der Waals surface area contributed by atoms with Crippen molar-refractivity contribution in [1.29, 1.82) is 0 Å². The van der Waals surface area contributed by atoms with Crippen molar-refractivity contribution in [2.24, 2.45) is 0 Å². The molecule has 1 amide bonds. The first-order valence-corrected chi connectivity index (χ1v) is 9.81. The third-order valence-electron chi connectivity index (χ3n) is 4.61. The van der Waals surface area contributed by atoms with Gasteiger partial charge in [-0.15, -0.1) is 0 Å². The van der Waals surface area contributed by atoms with Crippen LogP contribution in [0.15, 0.2) is 40.8 Å². The highest BCUT2D eigenvalue weighted by atomic mass is 16.5. The molecule has 0 spiro atoms. The molecule has 0 bridgehead atoms. The number of aryl methyl sites for hydroxylation is 1. The summed E-state index contributed by atoms with van der Waals surface area (Å²) in [4.78, 5) is 12.8. The van der Waals surface area contributed by atoms with Crippen LogP contribution < -0.4 is 19.5 Å². The van der Waals surface area contributed by atoms with Gasteiger partial charge in [-0.05, 0) is 63.1 Å². The number of furan rings is 1. The van der Waals surface area contributed by atoms with Crippen LogP contribution in [0.4, 0.5) is 0 Å². The number of methoxy groups -OCH3 is 1. The Morgan fingerprint density at radius 1 is 1.03 bits per heavy atom. The van der Waals surface area contributed by atoms with Crippen LogP contribution in [0.3, 0.4) is 0 Å². The molecular weight excluding hydrogens is 370 g/mol. The number of amides is 1. The smallest absolute Gasteiger partial charge is 0.255 e. The second-order valence-corrected chi connectivity index (χ2v) is 6.55. The van der Waals surface area contributed by atoms with Gasteiger partial charge < -0.3 is 23.9 Å². The summed E-state index contributed by atoms with van der Waals surface area (Å²) in [5.41, 5.74) is 2.27. The van der Waals surface area contributed by atoms with Crippen molar-refractivity contribution < 1.29 is 23.4 Å². The highest BCUT2D eigenvalue weighted by molar-refractivity contribution is 6.07. The van der Waals surface area contributed by atoms with Gasteiger partial charge in [-0.1, -0.05) is 6.07 Å². The molecule has 0 saturated carbocycles. The third kappa shape index (κ3) is 4.65. The Kier molecular flexibility index (Phi) is 6.65. The quantitative estimate of drug-likeness (QED) is 0.575. The van der Waals surface area contributed by atoms with E-state index in [1.54, 1.807) is 14.0 Å². The van der Waals surface area contributed by atoms with Crippen LogP contribution >= 0.6 is 0 Å². The maximum Gasteiger partial charge on any atom is 0.255 e. The molecule has 6 heteroatoms. The van der Waals surface area contributed by atoms with Crippen LogP contribution in [0.25, 0.3) is 11.0 Å². The molecule has 0 atom stereocenters. The fourth-order valence-corrected chi connectivity index (χ4v) is 3.27. The number of carbonyl (C=O) groups excluding carboxylic acids is 1. The predicted molar refractivity (Wildman–Crippen MR) is 112 cm³/mol. The number of hydrogen-bond acceptors (Lipinski definition) is 5. The fraction of sp³-hybridized carbons (Fsp3) is 0.348. The molecule has 0 fully saturated rings. The molecule has 1 aromatic heterocycles. The van der Waals surface area contributed by atoms with Crippen molar-refractivity contribution in [3.05, 3.63) is 53.3 Å². The normalized spacial score (nSPS) is 10.8. The summed E-state index contributed by atoms with van der Waals surface area (Å²) in [5, 5.41) is 3.73. The molecule has 0 aliphatic carbocycles. The van der Waals surface area contributed by atoms with Crippen molar-refractivity contribution in [3.63, 3.8) is 0 Å². The number of fused-ring (bicyclic) bond motifs is 1. The van der Waals surface area contributed by atoms with Gasteiger partial charge in [-0.3, -0.25) is 4.79 Å².